The van der Waals surface area contributed by atoms with Crippen LogP contribution in [0.4, 0.5) is 0 Å². The fourth-order valence-electron chi connectivity index (χ4n) is 3.10. The van der Waals surface area contributed by atoms with Gasteiger partial charge in [-0.3, -0.25) is 9.59 Å². The molecule has 5 nitrogen and oxygen atoms in total. The molecule has 1 saturated heterocycles. The Hall–Kier alpha value is -2.95. The van der Waals surface area contributed by atoms with E-state index < -0.39 is 0 Å². The summed E-state index contributed by atoms with van der Waals surface area (Å²) < 4.78 is 0. The van der Waals surface area contributed by atoms with Crippen LogP contribution in [0.2, 0.25) is 0 Å². The number of rotatable bonds is 5. The van der Waals surface area contributed by atoms with E-state index in [4.69, 9.17) is 0 Å². The summed E-state index contributed by atoms with van der Waals surface area (Å²) in [6.07, 6.45) is 0.242. The largest absolute Gasteiger partial charge is 0.339 e. The summed E-state index contributed by atoms with van der Waals surface area (Å²) in [5.74, 6) is -0.553. The van der Waals surface area contributed by atoms with Crippen molar-refractivity contribution in [2.45, 2.75) is 26.3 Å². The molecule has 1 aliphatic rings. The maximum atomic E-state index is 12.5. The zero-order valence-corrected chi connectivity index (χ0v) is 15.1. The van der Waals surface area contributed by atoms with E-state index in [0.717, 1.165) is 11.1 Å². The van der Waals surface area contributed by atoms with E-state index in [9.17, 15) is 9.59 Å². The number of likely N-dealkylation sites (tertiary alicyclic amines) is 1. The van der Waals surface area contributed by atoms with Gasteiger partial charge in [-0.2, -0.15) is 5.10 Å². The summed E-state index contributed by atoms with van der Waals surface area (Å²) in [7, 11) is 0. The van der Waals surface area contributed by atoms with E-state index in [1.807, 2.05) is 74.5 Å². The predicted octanol–water partition coefficient (Wildman–Crippen LogP) is 2.81. The number of hydrogen-bond acceptors (Lipinski definition) is 3. The number of nitrogens with one attached hydrogen (secondary N) is 1. The number of benzene rings is 2. The number of carbonyl (C=O) groups is 2. The van der Waals surface area contributed by atoms with Crippen molar-refractivity contribution in [3.8, 4) is 0 Å². The molecule has 1 fully saturated rings. The van der Waals surface area contributed by atoms with Gasteiger partial charge in [-0.15, -0.1) is 0 Å². The molecule has 0 aliphatic carbocycles. The van der Waals surface area contributed by atoms with E-state index in [0.29, 0.717) is 12.3 Å². The molecule has 5 heteroatoms. The SMILES string of the molecule is CC(C)N1CC(C(=O)NN=C(c2ccccc2)c2ccccc2)CC1=O. The number of nitrogens with zero attached hydrogens (tertiary/aromatic N) is 2. The van der Waals surface area contributed by atoms with Crippen LogP contribution in [0, 0.1) is 5.92 Å². The Morgan fingerprint density at radius 3 is 2.04 bits per heavy atom. The van der Waals surface area contributed by atoms with E-state index in [-0.39, 0.29) is 30.2 Å². The maximum absolute atomic E-state index is 12.5. The van der Waals surface area contributed by atoms with Crippen LogP contribution in [0.25, 0.3) is 0 Å². The Morgan fingerprint density at radius 1 is 1.04 bits per heavy atom. The van der Waals surface area contributed by atoms with E-state index in [1.54, 1.807) is 4.90 Å². The standard InChI is InChI=1S/C21H23N3O2/c1-15(2)24-14-18(13-19(24)25)21(26)23-22-20(16-9-5-3-6-10-16)17-11-7-4-8-12-17/h3-12,15,18H,13-14H2,1-2H3,(H,23,26). The zero-order valence-electron chi connectivity index (χ0n) is 15.1. The van der Waals surface area contributed by atoms with Gasteiger partial charge in [-0.1, -0.05) is 60.7 Å². The second-order valence-corrected chi connectivity index (χ2v) is 6.71. The molecule has 134 valence electrons. The molecule has 0 aromatic heterocycles. The quantitative estimate of drug-likeness (QED) is 0.666. The predicted molar refractivity (Wildman–Crippen MR) is 102 cm³/mol. The molecule has 26 heavy (non-hydrogen) atoms. The Labute approximate surface area is 153 Å². The van der Waals surface area contributed by atoms with Crippen LogP contribution in [0.1, 0.15) is 31.4 Å². The minimum atomic E-state index is -0.360. The maximum Gasteiger partial charge on any atom is 0.245 e. The van der Waals surface area contributed by atoms with Gasteiger partial charge >= 0.3 is 0 Å². The lowest BCUT2D eigenvalue weighted by atomic mass is 10.0. The topological polar surface area (TPSA) is 61.8 Å². The summed E-state index contributed by atoms with van der Waals surface area (Å²) in [4.78, 5) is 26.3. The molecule has 1 atom stereocenters. The molecule has 1 unspecified atom stereocenters. The van der Waals surface area contributed by atoms with Crippen LogP contribution in [-0.4, -0.2) is 35.0 Å². The lowest BCUT2D eigenvalue weighted by Crippen LogP contribution is -2.34. The third-order valence-electron chi connectivity index (χ3n) is 4.52. The smallest absolute Gasteiger partial charge is 0.245 e. The van der Waals surface area contributed by atoms with Crippen molar-refractivity contribution in [1.82, 2.24) is 10.3 Å². The second-order valence-electron chi connectivity index (χ2n) is 6.71. The molecule has 2 aromatic rings. The highest BCUT2D eigenvalue weighted by Gasteiger charge is 2.35. The summed E-state index contributed by atoms with van der Waals surface area (Å²) in [6, 6.07) is 19.6. The number of hydrazone groups is 1. The lowest BCUT2D eigenvalue weighted by molar-refractivity contribution is -0.129. The van der Waals surface area contributed by atoms with Gasteiger partial charge in [0.05, 0.1) is 11.6 Å². The first-order valence-corrected chi connectivity index (χ1v) is 8.84. The molecule has 0 spiro atoms. The van der Waals surface area contributed by atoms with Gasteiger partial charge in [0.25, 0.3) is 0 Å². The van der Waals surface area contributed by atoms with Crippen LogP contribution in [0.15, 0.2) is 65.8 Å². The van der Waals surface area contributed by atoms with Crippen LogP contribution >= 0.6 is 0 Å². The molecule has 1 N–H and O–H groups in total. The van der Waals surface area contributed by atoms with Gasteiger partial charge in [0, 0.05) is 30.1 Å². The first-order chi connectivity index (χ1) is 12.6. The Kier molecular flexibility index (Phi) is 5.46. The van der Waals surface area contributed by atoms with Gasteiger partial charge < -0.3 is 4.90 Å². The highest BCUT2D eigenvalue weighted by Crippen LogP contribution is 2.20. The Bertz CT molecular complexity index is 759. The first-order valence-electron chi connectivity index (χ1n) is 8.84. The normalized spacial score (nSPS) is 16.7. The van der Waals surface area contributed by atoms with Gasteiger partial charge in [0.1, 0.15) is 0 Å². The number of hydrogen-bond donors (Lipinski definition) is 1. The van der Waals surface area contributed by atoms with Crippen molar-refractivity contribution in [2.24, 2.45) is 11.0 Å². The number of amides is 2. The van der Waals surface area contributed by atoms with Crippen molar-refractivity contribution in [3.05, 3.63) is 71.8 Å². The minimum Gasteiger partial charge on any atom is -0.339 e. The zero-order chi connectivity index (χ0) is 18.5. The van der Waals surface area contributed by atoms with Gasteiger partial charge in [-0.25, -0.2) is 5.43 Å². The summed E-state index contributed by atoms with van der Waals surface area (Å²) >= 11 is 0. The molecule has 1 aliphatic heterocycles. The number of carbonyl (C=O) groups excluding carboxylic acids is 2. The fourth-order valence-corrected chi connectivity index (χ4v) is 3.10. The van der Waals surface area contributed by atoms with E-state index >= 15 is 0 Å². The van der Waals surface area contributed by atoms with Crippen LogP contribution in [-0.2, 0) is 9.59 Å². The van der Waals surface area contributed by atoms with Gasteiger partial charge in [0.2, 0.25) is 11.8 Å². The highest BCUT2D eigenvalue weighted by molar-refractivity contribution is 6.13. The van der Waals surface area contributed by atoms with Crippen LogP contribution in [0.5, 0.6) is 0 Å². The van der Waals surface area contributed by atoms with E-state index in [1.165, 1.54) is 0 Å². The van der Waals surface area contributed by atoms with E-state index in [2.05, 4.69) is 10.5 Å². The van der Waals surface area contributed by atoms with Crippen molar-refractivity contribution < 1.29 is 9.59 Å². The summed E-state index contributed by atoms with van der Waals surface area (Å²) in [5.41, 5.74) is 5.21. The third-order valence-corrected chi connectivity index (χ3v) is 4.52. The lowest BCUT2D eigenvalue weighted by Gasteiger charge is -2.20. The fraction of sp³-hybridized carbons (Fsp3) is 0.286. The molecule has 0 bridgehead atoms. The molecule has 0 saturated carbocycles. The second kappa shape index (κ2) is 7.95. The van der Waals surface area contributed by atoms with Crippen LogP contribution in [0.3, 0.4) is 0 Å². The molecular weight excluding hydrogens is 326 g/mol. The van der Waals surface area contributed by atoms with Crippen LogP contribution < -0.4 is 5.43 Å². The molecule has 2 aromatic carbocycles. The third kappa shape index (κ3) is 3.99. The first kappa shape index (κ1) is 17.9. The average Bonchev–Trinajstić information content (AvgIpc) is 3.06. The summed E-state index contributed by atoms with van der Waals surface area (Å²) in [6.45, 7) is 4.36. The molecule has 3 rings (SSSR count). The monoisotopic (exact) mass is 349 g/mol. The molecule has 2 amide bonds. The van der Waals surface area contributed by atoms with Gasteiger partial charge in [-0.05, 0) is 13.8 Å². The molecular formula is C21H23N3O2. The Balaban J connectivity index is 1.79. The van der Waals surface area contributed by atoms with Crippen molar-refractivity contribution in [3.63, 3.8) is 0 Å². The van der Waals surface area contributed by atoms with Crippen molar-refractivity contribution in [1.29, 1.82) is 0 Å². The highest BCUT2D eigenvalue weighted by atomic mass is 16.2. The summed E-state index contributed by atoms with van der Waals surface area (Å²) in [5, 5.41) is 4.39. The molecule has 1 heterocycles. The average molecular weight is 349 g/mol. The Morgan fingerprint density at radius 2 is 1.58 bits per heavy atom. The van der Waals surface area contributed by atoms with Crippen molar-refractivity contribution >= 4 is 17.5 Å². The van der Waals surface area contributed by atoms with Crippen molar-refractivity contribution in [2.75, 3.05) is 6.54 Å². The molecule has 0 radical (unpaired) electrons. The van der Waals surface area contributed by atoms with Gasteiger partial charge in [0.15, 0.2) is 0 Å². The minimum absolute atomic E-state index is 0.0236.